The number of allylic oxidation sites excluding steroid dienone is 1. The maximum Gasteiger partial charge on any atom is 0.230 e. The first-order valence-electron chi connectivity index (χ1n) is 16.8. The summed E-state index contributed by atoms with van der Waals surface area (Å²) in [6.07, 6.45) is 15.0. The fraction of sp³-hybridized carbons (Fsp3) is 0.694. The van der Waals surface area contributed by atoms with Crippen LogP contribution in [-0.4, -0.2) is 62.7 Å². The van der Waals surface area contributed by atoms with Gasteiger partial charge in [-0.1, -0.05) is 43.0 Å². The summed E-state index contributed by atoms with van der Waals surface area (Å²) in [6.45, 7) is 10.8. The van der Waals surface area contributed by atoms with Gasteiger partial charge in [-0.3, -0.25) is 0 Å². The van der Waals surface area contributed by atoms with Crippen LogP contribution >= 0.6 is 11.8 Å². The number of hydrogen-bond donors (Lipinski definition) is 3. The van der Waals surface area contributed by atoms with Crippen LogP contribution in [0.2, 0.25) is 0 Å². The standard InChI is InChI=1S/C36H53NO6S/c1-5-20-41-36-32(44-26-13-6-7-14-26)23-30(37-43-35(2,3)4)28-21-24(12-8-10-18-38)27(15-9-11-19-39)33(34(28)36)29-22-25(40)16-17-31(29)42-36/h5,16-17,21-22,24,26-27,32-34,38-40H,1,6-15,18-20,23H2,2-4H3. The number of fused-ring (bicyclic) bond motifs is 2. The Hall–Kier alpha value is -2.00. The van der Waals surface area contributed by atoms with Gasteiger partial charge >= 0.3 is 0 Å². The van der Waals surface area contributed by atoms with Crippen LogP contribution in [0.5, 0.6) is 11.5 Å². The van der Waals surface area contributed by atoms with Crippen molar-refractivity contribution >= 4 is 17.5 Å². The molecule has 3 N–H and O–H groups in total. The van der Waals surface area contributed by atoms with E-state index < -0.39 is 11.4 Å². The molecule has 2 saturated carbocycles. The van der Waals surface area contributed by atoms with Gasteiger partial charge in [-0.05, 0) is 94.9 Å². The number of rotatable bonds is 14. The molecule has 0 radical (unpaired) electrons. The summed E-state index contributed by atoms with van der Waals surface area (Å²) in [5, 5.41) is 35.5. The highest BCUT2D eigenvalue weighted by atomic mass is 32.2. The van der Waals surface area contributed by atoms with Gasteiger partial charge in [-0.15, -0.1) is 18.3 Å². The third kappa shape index (κ3) is 7.19. The van der Waals surface area contributed by atoms with Gasteiger partial charge in [0.1, 0.15) is 17.1 Å². The number of phenols is 1. The molecule has 1 heterocycles. The molecule has 5 rings (SSSR count). The fourth-order valence-corrected chi connectivity index (χ4v) is 9.68. The van der Waals surface area contributed by atoms with E-state index in [0.29, 0.717) is 18.3 Å². The molecule has 44 heavy (non-hydrogen) atoms. The molecule has 1 aliphatic heterocycles. The number of hydrogen-bond acceptors (Lipinski definition) is 8. The summed E-state index contributed by atoms with van der Waals surface area (Å²) in [7, 11) is 0. The lowest BCUT2D eigenvalue weighted by Crippen LogP contribution is -2.64. The van der Waals surface area contributed by atoms with Crippen LogP contribution in [0.15, 0.2) is 47.7 Å². The number of aromatic hydroxyl groups is 1. The van der Waals surface area contributed by atoms with Crippen LogP contribution in [0.3, 0.4) is 0 Å². The highest BCUT2D eigenvalue weighted by Gasteiger charge is 2.64. The number of ether oxygens (including phenoxy) is 2. The first kappa shape index (κ1) is 33.4. The zero-order valence-corrected chi connectivity index (χ0v) is 27.7. The molecule has 0 spiro atoms. The predicted molar refractivity (Wildman–Crippen MR) is 177 cm³/mol. The van der Waals surface area contributed by atoms with Crippen molar-refractivity contribution in [3.8, 4) is 11.5 Å². The monoisotopic (exact) mass is 627 g/mol. The van der Waals surface area contributed by atoms with Gasteiger partial charge in [0.15, 0.2) is 0 Å². The van der Waals surface area contributed by atoms with Crippen molar-refractivity contribution in [3.63, 3.8) is 0 Å². The second-order valence-electron chi connectivity index (χ2n) is 14.0. The number of phenolic OH excluding ortho intramolecular Hbond substituents is 1. The Morgan fingerprint density at radius 1 is 1.09 bits per heavy atom. The van der Waals surface area contributed by atoms with E-state index in [1.807, 2.05) is 50.7 Å². The molecule has 7 nitrogen and oxygen atoms in total. The van der Waals surface area contributed by atoms with E-state index in [1.54, 1.807) is 6.07 Å². The third-order valence-electron chi connectivity index (χ3n) is 9.72. The van der Waals surface area contributed by atoms with Gasteiger partial charge in [0.2, 0.25) is 5.79 Å². The zero-order valence-electron chi connectivity index (χ0n) is 26.9. The smallest absolute Gasteiger partial charge is 0.230 e. The van der Waals surface area contributed by atoms with Crippen LogP contribution in [0.1, 0.15) is 103 Å². The molecule has 4 aliphatic rings. The van der Waals surface area contributed by atoms with Gasteiger partial charge in [-0.2, -0.15) is 0 Å². The number of unbranched alkanes of at least 4 members (excludes halogenated alkanes) is 2. The third-order valence-corrected chi connectivity index (χ3v) is 11.4. The van der Waals surface area contributed by atoms with Crippen molar-refractivity contribution < 1.29 is 29.6 Å². The number of benzene rings is 1. The van der Waals surface area contributed by atoms with Crippen molar-refractivity contribution in [1.82, 2.24) is 0 Å². The lowest BCUT2D eigenvalue weighted by molar-refractivity contribution is -0.223. The first-order chi connectivity index (χ1) is 21.2. The van der Waals surface area contributed by atoms with E-state index in [4.69, 9.17) is 19.5 Å². The molecule has 3 aliphatic carbocycles. The lowest BCUT2D eigenvalue weighted by Gasteiger charge is -2.58. The van der Waals surface area contributed by atoms with E-state index in [1.165, 1.54) is 25.7 Å². The van der Waals surface area contributed by atoms with Gasteiger partial charge < -0.3 is 29.6 Å². The number of aliphatic hydroxyl groups excluding tert-OH is 2. The molecule has 1 aromatic rings. The van der Waals surface area contributed by atoms with E-state index >= 15 is 0 Å². The lowest BCUT2D eigenvalue weighted by atomic mass is 9.56. The van der Waals surface area contributed by atoms with Crippen molar-refractivity contribution in [2.45, 2.75) is 119 Å². The normalized spacial score (nSPS) is 30.8. The minimum Gasteiger partial charge on any atom is -0.508 e. The second kappa shape index (κ2) is 14.6. The first-order valence-corrected chi connectivity index (χ1v) is 17.8. The summed E-state index contributed by atoms with van der Waals surface area (Å²) >= 11 is 2.00. The van der Waals surface area contributed by atoms with Crippen LogP contribution in [0, 0.1) is 17.8 Å². The molecule has 6 unspecified atom stereocenters. The molecular weight excluding hydrogens is 574 g/mol. The number of nitrogens with zero attached hydrogens (tertiary/aromatic N) is 1. The Bertz CT molecular complexity index is 1190. The molecule has 0 amide bonds. The second-order valence-corrected chi connectivity index (χ2v) is 15.5. The summed E-state index contributed by atoms with van der Waals surface area (Å²) in [5.74, 6) is 0.408. The average Bonchev–Trinajstić information content (AvgIpc) is 3.51. The molecule has 8 heteroatoms. The minimum atomic E-state index is -0.937. The molecule has 6 atom stereocenters. The highest BCUT2D eigenvalue weighted by Crippen LogP contribution is 2.63. The topological polar surface area (TPSA) is 101 Å². The molecule has 1 aromatic carbocycles. The van der Waals surface area contributed by atoms with Crippen molar-refractivity contribution in [1.29, 1.82) is 0 Å². The van der Waals surface area contributed by atoms with Gasteiger partial charge in [0, 0.05) is 36.4 Å². The van der Waals surface area contributed by atoms with Crippen LogP contribution in [0.4, 0.5) is 0 Å². The van der Waals surface area contributed by atoms with Crippen molar-refractivity contribution in [3.05, 3.63) is 48.1 Å². The predicted octanol–water partition coefficient (Wildman–Crippen LogP) is 7.50. The molecule has 0 aromatic heterocycles. The number of aliphatic hydroxyl groups is 2. The number of oxime groups is 1. The van der Waals surface area contributed by atoms with Crippen molar-refractivity contribution in [2.24, 2.45) is 22.9 Å². The number of thioether (sulfide) groups is 1. The van der Waals surface area contributed by atoms with Crippen LogP contribution < -0.4 is 4.74 Å². The Balaban J connectivity index is 1.71. The van der Waals surface area contributed by atoms with E-state index in [2.05, 4.69) is 12.7 Å². The summed E-state index contributed by atoms with van der Waals surface area (Å²) in [4.78, 5) is 6.14. The summed E-state index contributed by atoms with van der Waals surface area (Å²) in [6, 6.07) is 5.51. The van der Waals surface area contributed by atoms with E-state index in [9.17, 15) is 15.3 Å². The average molecular weight is 628 g/mol. The maximum atomic E-state index is 10.8. The van der Waals surface area contributed by atoms with Gasteiger partial charge in [0.25, 0.3) is 0 Å². The Labute approximate surface area is 268 Å². The maximum absolute atomic E-state index is 10.8. The molecule has 2 fully saturated rings. The summed E-state index contributed by atoms with van der Waals surface area (Å²) < 4.78 is 14.1. The van der Waals surface area contributed by atoms with Gasteiger partial charge in [-0.25, -0.2) is 0 Å². The highest BCUT2D eigenvalue weighted by molar-refractivity contribution is 8.00. The van der Waals surface area contributed by atoms with Crippen LogP contribution in [0.25, 0.3) is 0 Å². The molecule has 244 valence electrons. The Morgan fingerprint density at radius 2 is 1.82 bits per heavy atom. The molecular formula is C36H53NO6S. The molecule has 0 bridgehead atoms. The summed E-state index contributed by atoms with van der Waals surface area (Å²) in [5.41, 5.74) is 2.69. The zero-order chi connectivity index (χ0) is 31.3. The Kier molecular flexibility index (Phi) is 11.1. The Morgan fingerprint density at radius 3 is 2.50 bits per heavy atom. The van der Waals surface area contributed by atoms with Crippen molar-refractivity contribution in [2.75, 3.05) is 19.8 Å². The van der Waals surface area contributed by atoms with Crippen LogP contribution in [-0.2, 0) is 9.57 Å². The largest absolute Gasteiger partial charge is 0.508 e. The fourth-order valence-electron chi connectivity index (χ4n) is 7.90. The SMILES string of the molecule is C=CCOC12Oc3ccc(O)cc3C3C(CCCCO)C(CCCCO)C=C(C(=NOC(C)(C)C)CC1SC1CCCC1)C32. The quantitative estimate of drug-likeness (QED) is 0.112. The van der Waals surface area contributed by atoms with Gasteiger partial charge in [0.05, 0.1) is 23.5 Å². The minimum absolute atomic E-state index is 0.0106. The van der Waals surface area contributed by atoms with E-state index in [-0.39, 0.29) is 47.9 Å². The van der Waals surface area contributed by atoms with E-state index in [0.717, 1.165) is 61.1 Å². The molecule has 0 saturated heterocycles.